The van der Waals surface area contributed by atoms with Gasteiger partial charge in [0, 0.05) is 19.6 Å². The molecule has 0 bridgehead atoms. The molecule has 2 aliphatic rings. The molecular formula is C13H24N2O2. The average Bonchev–Trinajstić information content (AvgIpc) is 2.29. The molecule has 0 radical (unpaired) electrons. The van der Waals surface area contributed by atoms with Crippen LogP contribution in [0.1, 0.15) is 32.6 Å². The highest BCUT2D eigenvalue weighted by atomic mass is 16.3. The van der Waals surface area contributed by atoms with Gasteiger partial charge in [0.05, 0.1) is 12.6 Å². The Kier molecular flexibility index (Phi) is 4.40. The zero-order valence-corrected chi connectivity index (χ0v) is 10.8. The topological polar surface area (TPSA) is 43.8 Å². The number of hydrogen-bond acceptors (Lipinski definition) is 3. The predicted octanol–water partition coefficient (Wildman–Crippen LogP) is 0.702. The molecule has 4 nitrogen and oxygen atoms in total. The molecule has 2 aliphatic heterocycles. The van der Waals surface area contributed by atoms with Gasteiger partial charge in [-0.05, 0) is 38.1 Å². The van der Waals surface area contributed by atoms with Crippen molar-refractivity contribution in [1.82, 2.24) is 9.80 Å². The smallest absolute Gasteiger partial charge is 0.236 e. The lowest BCUT2D eigenvalue weighted by atomic mass is 10.0. The maximum atomic E-state index is 12.1. The van der Waals surface area contributed by atoms with Gasteiger partial charge in [0.1, 0.15) is 0 Å². The van der Waals surface area contributed by atoms with Crippen molar-refractivity contribution in [3.63, 3.8) is 0 Å². The monoisotopic (exact) mass is 240 g/mol. The fraction of sp³-hybridized carbons (Fsp3) is 0.923. The molecule has 2 rings (SSSR count). The van der Waals surface area contributed by atoms with Crippen molar-refractivity contribution in [2.75, 3.05) is 32.7 Å². The van der Waals surface area contributed by atoms with Crippen molar-refractivity contribution in [3.05, 3.63) is 0 Å². The zero-order valence-electron chi connectivity index (χ0n) is 10.8. The Morgan fingerprint density at radius 2 is 2.00 bits per heavy atom. The number of hydrogen-bond donors (Lipinski definition) is 1. The quantitative estimate of drug-likeness (QED) is 0.773. The highest BCUT2D eigenvalue weighted by molar-refractivity contribution is 5.78. The minimum atomic E-state index is -0.239. The van der Waals surface area contributed by atoms with Crippen molar-refractivity contribution in [2.45, 2.75) is 38.7 Å². The Hall–Kier alpha value is -0.610. The summed E-state index contributed by atoms with van der Waals surface area (Å²) in [6, 6.07) is 0. The fourth-order valence-electron chi connectivity index (χ4n) is 2.88. The van der Waals surface area contributed by atoms with Crippen LogP contribution in [0.5, 0.6) is 0 Å². The molecule has 17 heavy (non-hydrogen) atoms. The number of likely N-dealkylation sites (tertiary alicyclic amines) is 2. The average molecular weight is 240 g/mol. The van der Waals surface area contributed by atoms with Crippen LogP contribution < -0.4 is 0 Å². The first-order valence-electron chi connectivity index (χ1n) is 6.83. The first-order valence-corrected chi connectivity index (χ1v) is 6.83. The molecule has 2 atom stereocenters. The molecule has 2 unspecified atom stereocenters. The van der Waals surface area contributed by atoms with Gasteiger partial charge in [-0.25, -0.2) is 0 Å². The third-order valence-corrected chi connectivity index (χ3v) is 3.85. The molecule has 98 valence electrons. The normalized spacial score (nSPS) is 31.5. The van der Waals surface area contributed by atoms with Crippen LogP contribution in [0.2, 0.25) is 0 Å². The summed E-state index contributed by atoms with van der Waals surface area (Å²) in [4.78, 5) is 16.2. The minimum absolute atomic E-state index is 0.239. The molecular weight excluding hydrogens is 216 g/mol. The van der Waals surface area contributed by atoms with Crippen LogP contribution in [0.15, 0.2) is 0 Å². The number of carbonyl (C=O) groups is 1. The molecule has 2 saturated heterocycles. The third-order valence-electron chi connectivity index (χ3n) is 3.85. The van der Waals surface area contributed by atoms with Gasteiger partial charge in [-0.15, -0.1) is 0 Å². The van der Waals surface area contributed by atoms with Crippen LogP contribution in [-0.4, -0.2) is 59.6 Å². The molecule has 2 fully saturated rings. The second kappa shape index (κ2) is 5.83. The summed E-state index contributed by atoms with van der Waals surface area (Å²) in [6.07, 6.45) is 4.02. The third kappa shape index (κ3) is 3.68. The van der Waals surface area contributed by atoms with Crippen molar-refractivity contribution in [2.24, 2.45) is 5.92 Å². The lowest BCUT2D eigenvalue weighted by Gasteiger charge is -2.34. The summed E-state index contributed by atoms with van der Waals surface area (Å²) in [5.41, 5.74) is 0. The predicted molar refractivity (Wildman–Crippen MR) is 66.7 cm³/mol. The molecule has 0 aromatic heterocycles. The van der Waals surface area contributed by atoms with Crippen molar-refractivity contribution in [3.8, 4) is 0 Å². The van der Waals surface area contributed by atoms with Crippen LogP contribution in [0.4, 0.5) is 0 Å². The van der Waals surface area contributed by atoms with Gasteiger partial charge < -0.3 is 10.0 Å². The molecule has 0 aliphatic carbocycles. The summed E-state index contributed by atoms with van der Waals surface area (Å²) in [5.74, 6) is 0.880. The molecule has 4 heteroatoms. The highest BCUT2D eigenvalue weighted by Gasteiger charge is 2.24. The lowest BCUT2D eigenvalue weighted by molar-refractivity contribution is -0.134. The number of nitrogens with zero attached hydrogens (tertiary/aromatic N) is 2. The van der Waals surface area contributed by atoms with Crippen molar-refractivity contribution in [1.29, 1.82) is 0 Å². The number of β-amino-alcohol motifs (C(OH)–C–C–N with tert-alkyl or cyclic N) is 1. The van der Waals surface area contributed by atoms with Crippen molar-refractivity contribution < 1.29 is 9.90 Å². The lowest BCUT2D eigenvalue weighted by Crippen LogP contribution is -2.47. The Morgan fingerprint density at radius 1 is 1.24 bits per heavy atom. The Balaban J connectivity index is 1.79. The van der Waals surface area contributed by atoms with E-state index < -0.39 is 0 Å². The first kappa shape index (κ1) is 12.8. The SMILES string of the molecule is CC1CCCN(C(=O)CN2CCCC(O)C2)C1. The maximum absolute atomic E-state index is 12.1. The molecule has 0 saturated carbocycles. The van der Waals surface area contributed by atoms with E-state index in [0.29, 0.717) is 19.0 Å². The number of aliphatic hydroxyl groups is 1. The standard InChI is InChI=1S/C13H24N2O2/c1-11-4-2-7-15(8-11)13(17)10-14-6-3-5-12(16)9-14/h11-12,16H,2-10H2,1H3. The zero-order chi connectivity index (χ0) is 12.3. The van der Waals surface area contributed by atoms with E-state index in [-0.39, 0.29) is 12.0 Å². The first-order chi connectivity index (χ1) is 8.15. The van der Waals surface area contributed by atoms with Gasteiger partial charge in [-0.3, -0.25) is 9.69 Å². The van der Waals surface area contributed by atoms with Gasteiger partial charge in [0.25, 0.3) is 0 Å². The van der Waals surface area contributed by atoms with E-state index >= 15 is 0 Å². The molecule has 1 amide bonds. The van der Waals surface area contributed by atoms with Crippen molar-refractivity contribution >= 4 is 5.91 Å². The number of carbonyl (C=O) groups excluding carboxylic acids is 1. The number of amides is 1. The summed E-state index contributed by atoms with van der Waals surface area (Å²) >= 11 is 0. The van der Waals surface area contributed by atoms with E-state index in [4.69, 9.17) is 0 Å². The van der Waals surface area contributed by atoms with Gasteiger partial charge >= 0.3 is 0 Å². The van der Waals surface area contributed by atoms with Gasteiger partial charge in [-0.2, -0.15) is 0 Å². The second-order valence-corrected chi connectivity index (χ2v) is 5.62. The summed E-state index contributed by atoms with van der Waals surface area (Å²) in [5, 5.41) is 9.58. The van der Waals surface area contributed by atoms with E-state index in [0.717, 1.165) is 38.9 Å². The molecule has 2 heterocycles. The van der Waals surface area contributed by atoms with E-state index in [9.17, 15) is 9.90 Å². The van der Waals surface area contributed by atoms with Gasteiger partial charge in [0.15, 0.2) is 0 Å². The van der Waals surface area contributed by atoms with Crippen LogP contribution in [0.3, 0.4) is 0 Å². The molecule has 0 spiro atoms. The number of piperidine rings is 2. The number of rotatable bonds is 2. The van der Waals surface area contributed by atoms with E-state index in [2.05, 4.69) is 11.8 Å². The summed E-state index contributed by atoms with van der Waals surface area (Å²) in [7, 11) is 0. The van der Waals surface area contributed by atoms with Crippen LogP contribution in [0.25, 0.3) is 0 Å². The van der Waals surface area contributed by atoms with Crippen LogP contribution >= 0.6 is 0 Å². The fourth-order valence-corrected chi connectivity index (χ4v) is 2.88. The van der Waals surface area contributed by atoms with Crippen LogP contribution in [0, 0.1) is 5.92 Å². The minimum Gasteiger partial charge on any atom is -0.392 e. The number of aliphatic hydroxyl groups excluding tert-OH is 1. The maximum Gasteiger partial charge on any atom is 0.236 e. The molecule has 0 aromatic rings. The van der Waals surface area contributed by atoms with E-state index in [1.54, 1.807) is 0 Å². The largest absolute Gasteiger partial charge is 0.392 e. The Morgan fingerprint density at radius 3 is 2.71 bits per heavy atom. The second-order valence-electron chi connectivity index (χ2n) is 5.62. The highest BCUT2D eigenvalue weighted by Crippen LogP contribution is 2.16. The van der Waals surface area contributed by atoms with E-state index in [1.807, 2.05) is 4.90 Å². The molecule has 0 aromatic carbocycles. The summed E-state index contributed by atoms with van der Waals surface area (Å²) < 4.78 is 0. The Labute approximate surface area is 104 Å². The van der Waals surface area contributed by atoms with Gasteiger partial charge in [-0.1, -0.05) is 6.92 Å². The van der Waals surface area contributed by atoms with Gasteiger partial charge in [0.2, 0.25) is 5.91 Å². The van der Waals surface area contributed by atoms with Crippen LogP contribution in [-0.2, 0) is 4.79 Å². The van der Waals surface area contributed by atoms with E-state index in [1.165, 1.54) is 6.42 Å². The Bertz CT molecular complexity index is 270. The molecule has 1 N–H and O–H groups in total. The summed E-state index contributed by atoms with van der Waals surface area (Å²) in [6.45, 7) is 6.14.